The van der Waals surface area contributed by atoms with Gasteiger partial charge >= 0.3 is 0 Å². The normalized spacial score (nSPS) is 27.9. The third kappa shape index (κ3) is 2.61. The van der Waals surface area contributed by atoms with Crippen LogP contribution in [-0.2, 0) is 5.54 Å². The number of hydrogen-bond donors (Lipinski definition) is 1. The van der Waals surface area contributed by atoms with Crippen LogP contribution in [0.5, 0.6) is 11.5 Å². The van der Waals surface area contributed by atoms with E-state index in [9.17, 15) is 0 Å². The molecule has 1 aliphatic carbocycles. The van der Waals surface area contributed by atoms with Gasteiger partial charge in [-0.15, -0.1) is 0 Å². The first kappa shape index (κ1) is 13.2. The van der Waals surface area contributed by atoms with E-state index < -0.39 is 0 Å². The molecule has 3 nitrogen and oxygen atoms in total. The van der Waals surface area contributed by atoms with Crippen LogP contribution in [0.4, 0.5) is 0 Å². The zero-order valence-electron chi connectivity index (χ0n) is 11.5. The zero-order valence-corrected chi connectivity index (χ0v) is 11.5. The smallest absolute Gasteiger partial charge is 0.122 e. The molecule has 1 saturated carbocycles. The standard InChI is InChI=1S/C15H23NO2/c1-11-5-4-6-15(16,10-11)12-7-13(17-2)9-14(8-12)18-3/h7-9,11H,4-6,10,16H2,1-3H3. The monoisotopic (exact) mass is 249 g/mol. The van der Waals surface area contributed by atoms with E-state index >= 15 is 0 Å². The van der Waals surface area contributed by atoms with Crippen molar-refractivity contribution in [3.63, 3.8) is 0 Å². The van der Waals surface area contributed by atoms with Gasteiger partial charge in [0.1, 0.15) is 11.5 Å². The van der Waals surface area contributed by atoms with Gasteiger partial charge in [0.05, 0.1) is 14.2 Å². The number of rotatable bonds is 3. The van der Waals surface area contributed by atoms with Gasteiger partial charge in [-0.3, -0.25) is 0 Å². The maximum absolute atomic E-state index is 6.61. The summed E-state index contributed by atoms with van der Waals surface area (Å²) in [5.41, 5.74) is 7.50. The van der Waals surface area contributed by atoms with Crippen molar-refractivity contribution in [1.82, 2.24) is 0 Å². The molecule has 0 aliphatic heterocycles. The second-order valence-corrected chi connectivity index (χ2v) is 5.46. The number of ether oxygens (including phenoxy) is 2. The van der Waals surface area contributed by atoms with Gasteiger partial charge in [-0.25, -0.2) is 0 Å². The lowest BCUT2D eigenvalue weighted by molar-refractivity contribution is 0.238. The highest BCUT2D eigenvalue weighted by molar-refractivity contribution is 5.41. The summed E-state index contributed by atoms with van der Waals surface area (Å²) < 4.78 is 10.6. The molecule has 0 amide bonds. The summed E-state index contributed by atoms with van der Waals surface area (Å²) in [6.45, 7) is 2.28. The molecule has 0 heterocycles. The Morgan fingerprint density at radius 2 is 1.78 bits per heavy atom. The number of hydrogen-bond acceptors (Lipinski definition) is 3. The minimum absolute atomic E-state index is 0.237. The second kappa shape index (κ2) is 5.19. The lowest BCUT2D eigenvalue weighted by Gasteiger charge is -2.37. The van der Waals surface area contributed by atoms with Gasteiger partial charge < -0.3 is 15.2 Å². The third-order valence-corrected chi connectivity index (χ3v) is 3.96. The Morgan fingerprint density at radius 3 is 2.28 bits per heavy atom. The molecule has 2 N–H and O–H groups in total. The molecule has 1 fully saturated rings. The Hall–Kier alpha value is -1.22. The van der Waals surface area contributed by atoms with Crippen molar-refractivity contribution in [2.75, 3.05) is 14.2 Å². The van der Waals surface area contributed by atoms with Gasteiger partial charge in [0, 0.05) is 11.6 Å². The second-order valence-electron chi connectivity index (χ2n) is 5.46. The summed E-state index contributed by atoms with van der Waals surface area (Å²) in [4.78, 5) is 0. The predicted molar refractivity (Wildman–Crippen MR) is 73.0 cm³/mol. The minimum Gasteiger partial charge on any atom is -0.497 e. The van der Waals surface area contributed by atoms with Crippen LogP contribution in [-0.4, -0.2) is 14.2 Å². The molecule has 0 radical (unpaired) electrons. The molecule has 1 aromatic carbocycles. The number of methoxy groups -OCH3 is 2. The maximum Gasteiger partial charge on any atom is 0.122 e. The van der Waals surface area contributed by atoms with Crippen LogP contribution >= 0.6 is 0 Å². The highest BCUT2D eigenvalue weighted by Crippen LogP contribution is 2.40. The number of nitrogens with two attached hydrogens (primary N) is 1. The van der Waals surface area contributed by atoms with Crippen LogP contribution in [0.1, 0.15) is 38.2 Å². The Morgan fingerprint density at radius 1 is 1.17 bits per heavy atom. The molecule has 0 bridgehead atoms. The summed E-state index contributed by atoms with van der Waals surface area (Å²) in [6, 6.07) is 5.97. The molecule has 3 heteroatoms. The molecule has 100 valence electrons. The van der Waals surface area contributed by atoms with Gasteiger partial charge in [-0.1, -0.05) is 19.8 Å². The lowest BCUT2D eigenvalue weighted by Crippen LogP contribution is -2.41. The summed E-state index contributed by atoms with van der Waals surface area (Å²) in [6.07, 6.45) is 4.54. The van der Waals surface area contributed by atoms with E-state index in [2.05, 4.69) is 6.92 Å². The molecule has 1 aromatic rings. The van der Waals surface area contributed by atoms with Gasteiger partial charge in [-0.2, -0.15) is 0 Å². The van der Waals surface area contributed by atoms with Crippen molar-refractivity contribution in [2.45, 2.75) is 38.1 Å². The summed E-state index contributed by atoms with van der Waals surface area (Å²) in [5, 5.41) is 0. The molecule has 2 unspecified atom stereocenters. The maximum atomic E-state index is 6.61. The van der Waals surface area contributed by atoms with E-state index in [1.54, 1.807) is 14.2 Å². The van der Waals surface area contributed by atoms with Crippen molar-refractivity contribution in [3.05, 3.63) is 23.8 Å². The molecule has 2 atom stereocenters. The van der Waals surface area contributed by atoms with Crippen LogP contribution in [0.3, 0.4) is 0 Å². The van der Waals surface area contributed by atoms with Crippen molar-refractivity contribution >= 4 is 0 Å². The Balaban J connectivity index is 2.36. The molecule has 0 spiro atoms. The van der Waals surface area contributed by atoms with Crippen molar-refractivity contribution in [1.29, 1.82) is 0 Å². The van der Waals surface area contributed by atoms with Crippen LogP contribution in [0.2, 0.25) is 0 Å². The topological polar surface area (TPSA) is 44.5 Å². The van der Waals surface area contributed by atoms with Crippen molar-refractivity contribution < 1.29 is 9.47 Å². The fourth-order valence-electron chi connectivity index (χ4n) is 2.95. The molecular formula is C15H23NO2. The largest absolute Gasteiger partial charge is 0.497 e. The van der Waals surface area contributed by atoms with Crippen molar-refractivity contribution in [2.24, 2.45) is 11.7 Å². The average Bonchev–Trinajstić information content (AvgIpc) is 2.37. The first-order valence-electron chi connectivity index (χ1n) is 6.60. The first-order valence-corrected chi connectivity index (χ1v) is 6.60. The first-order chi connectivity index (χ1) is 8.57. The molecule has 1 aliphatic rings. The van der Waals surface area contributed by atoms with Crippen LogP contribution in [0, 0.1) is 5.92 Å². The fraction of sp³-hybridized carbons (Fsp3) is 0.600. The SMILES string of the molecule is COc1cc(OC)cc(C2(N)CCCC(C)C2)c1. The summed E-state index contributed by atoms with van der Waals surface area (Å²) >= 11 is 0. The van der Waals surface area contributed by atoms with Crippen LogP contribution in [0.15, 0.2) is 18.2 Å². The molecular weight excluding hydrogens is 226 g/mol. The quantitative estimate of drug-likeness (QED) is 0.895. The Kier molecular flexibility index (Phi) is 3.81. The summed E-state index contributed by atoms with van der Waals surface area (Å²) in [7, 11) is 3.34. The Labute approximate surface area is 109 Å². The van der Waals surface area contributed by atoms with Gasteiger partial charge in [0.25, 0.3) is 0 Å². The van der Waals surface area contributed by atoms with Gasteiger partial charge in [-0.05, 0) is 36.5 Å². The zero-order chi connectivity index (χ0) is 13.2. The molecule has 0 aromatic heterocycles. The molecule has 2 rings (SSSR count). The van der Waals surface area contributed by atoms with E-state index in [0.29, 0.717) is 5.92 Å². The molecule has 0 saturated heterocycles. The van der Waals surface area contributed by atoms with Crippen LogP contribution < -0.4 is 15.2 Å². The number of benzene rings is 1. The van der Waals surface area contributed by atoms with Gasteiger partial charge in [0.15, 0.2) is 0 Å². The van der Waals surface area contributed by atoms with Crippen molar-refractivity contribution in [3.8, 4) is 11.5 Å². The summed E-state index contributed by atoms with van der Waals surface area (Å²) in [5.74, 6) is 2.31. The van der Waals surface area contributed by atoms with E-state index in [1.807, 2.05) is 18.2 Å². The lowest BCUT2D eigenvalue weighted by atomic mass is 9.73. The Bertz CT molecular complexity index is 397. The highest BCUT2D eigenvalue weighted by Gasteiger charge is 2.33. The predicted octanol–water partition coefficient (Wildman–Crippen LogP) is 3.07. The third-order valence-electron chi connectivity index (χ3n) is 3.96. The van der Waals surface area contributed by atoms with Gasteiger partial charge in [0.2, 0.25) is 0 Å². The van der Waals surface area contributed by atoms with E-state index in [4.69, 9.17) is 15.2 Å². The van der Waals surface area contributed by atoms with E-state index in [-0.39, 0.29) is 5.54 Å². The van der Waals surface area contributed by atoms with E-state index in [0.717, 1.165) is 29.9 Å². The fourth-order valence-corrected chi connectivity index (χ4v) is 2.95. The molecule has 18 heavy (non-hydrogen) atoms. The van der Waals surface area contributed by atoms with E-state index in [1.165, 1.54) is 12.8 Å². The minimum atomic E-state index is -0.237. The highest BCUT2D eigenvalue weighted by atomic mass is 16.5. The average molecular weight is 249 g/mol. The van der Waals surface area contributed by atoms with Crippen LogP contribution in [0.25, 0.3) is 0 Å².